The van der Waals surface area contributed by atoms with E-state index in [0.29, 0.717) is 0 Å². The Bertz CT molecular complexity index is 1010. The van der Waals surface area contributed by atoms with Gasteiger partial charge in [-0.2, -0.15) is 18.4 Å². The number of carbonyl (C=O) groups is 2. The van der Waals surface area contributed by atoms with Crippen molar-refractivity contribution in [3.8, 4) is 6.07 Å². The third-order valence-corrected chi connectivity index (χ3v) is 5.15. The Morgan fingerprint density at radius 2 is 2.00 bits per heavy atom. The molecule has 1 aliphatic rings. The SMILES string of the molecule is COC(=O)C1=C(CSC(=N)N)N=C(C#N)C(C(=O)OC)C1c1cccc(C(F)(F)F)c1. The number of hydrogen-bond donors (Lipinski definition) is 2. The number of ether oxygens (including phenoxy) is 2. The Balaban J connectivity index is 2.82. The van der Waals surface area contributed by atoms with Crippen molar-refractivity contribution in [2.75, 3.05) is 20.0 Å². The van der Waals surface area contributed by atoms with E-state index in [9.17, 15) is 28.0 Å². The molecule has 0 spiro atoms. The van der Waals surface area contributed by atoms with Gasteiger partial charge in [-0.05, 0) is 11.6 Å². The fourth-order valence-corrected chi connectivity index (χ4v) is 3.64. The number of carbonyl (C=O) groups excluding carboxylic acids is 2. The minimum atomic E-state index is -4.68. The van der Waals surface area contributed by atoms with Crippen molar-refractivity contribution in [2.24, 2.45) is 16.6 Å². The number of methoxy groups -OCH3 is 2. The van der Waals surface area contributed by atoms with Gasteiger partial charge in [-0.15, -0.1) is 0 Å². The predicted octanol–water partition coefficient (Wildman–Crippen LogP) is 2.61. The van der Waals surface area contributed by atoms with Crippen LogP contribution in [-0.4, -0.2) is 42.8 Å². The lowest BCUT2D eigenvalue weighted by Gasteiger charge is -2.31. The van der Waals surface area contributed by atoms with Gasteiger partial charge in [-0.25, -0.2) is 9.79 Å². The molecule has 0 fully saturated rings. The van der Waals surface area contributed by atoms with Crippen LogP contribution in [0.4, 0.5) is 13.2 Å². The van der Waals surface area contributed by atoms with Crippen LogP contribution in [0.15, 0.2) is 40.5 Å². The molecule has 12 heteroatoms. The van der Waals surface area contributed by atoms with Crippen molar-refractivity contribution in [3.63, 3.8) is 0 Å². The van der Waals surface area contributed by atoms with Crippen LogP contribution in [0, 0.1) is 22.7 Å². The Labute approximate surface area is 179 Å². The molecule has 0 aliphatic carbocycles. The summed E-state index contributed by atoms with van der Waals surface area (Å²) in [4.78, 5) is 29.2. The molecule has 0 saturated heterocycles. The molecule has 0 bridgehead atoms. The van der Waals surface area contributed by atoms with E-state index in [1.54, 1.807) is 6.07 Å². The quantitative estimate of drug-likeness (QED) is 0.396. The highest BCUT2D eigenvalue weighted by Crippen LogP contribution is 2.42. The Hall–Kier alpha value is -3.33. The molecule has 1 aliphatic heterocycles. The lowest BCUT2D eigenvalue weighted by Crippen LogP contribution is -2.37. The number of nitrogens with one attached hydrogen (secondary N) is 1. The van der Waals surface area contributed by atoms with Crippen molar-refractivity contribution in [3.05, 3.63) is 46.7 Å². The van der Waals surface area contributed by atoms with Crippen molar-refractivity contribution in [2.45, 2.75) is 12.1 Å². The number of benzene rings is 1. The number of nitriles is 1. The van der Waals surface area contributed by atoms with Crippen LogP contribution < -0.4 is 5.73 Å². The molecular formula is C19H17F3N4O4S. The minimum absolute atomic E-state index is 0.0360. The number of esters is 2. The summed E-state index contributed by atoms with van der Waals surface area (Å²) in [7, 11) is 2.11. The standard InChI is InChI=1S/C19H17F3N4O4S/c1-29-16(27)14-11(7-23)26-12(8-31-18(24)25)15(17(28)30-2)13(14)9-4-3-5-10(6-9)19(20,21)22/h3-6,13-14H,8H2,1-2H3,(H3,24,25). The van der Waals surface area contributed by atoms with E-state index in [4.69, 9.17) is 20.6 Å². The monoisotopic (exact) mass is 454 g/mol. The second-order valence-electron chi connectivity index (χ2n) is 6.22. The third-order valence-electron chi connectivity index (χ3n) is 4.42. The number of rotatable bonds is 5. The first-order chi connectivity index (χ1) is 14.5. The van der Waals surface area contributed by atoms with Crippen LogP contribution in [0.5, 0.6) is 0 Å². The second kappa shape index (κ2) is 9.65. The number of amidine groups is 1. The number of nitrogens with two attached hydrogens (primary N) is 1. The number of halogens is 3. The lowest BCUT2D eigenvalue weighted by molar-refractivity contribution is -0.143. The van der Waals surface area contributed by atoms with Crippen molar-refractivity contribution in [1.82, 2.24) is 0 Å². The largest absolute Gasteiger partial charge is 0.468 e. The summed E-state index contributed by atoms with van der Waals surface area (Å²) in [6, 6.07) is 5.82. The fourth-order valence-electron chi connectivity index (χ4n) is 3.13. The average molecular weight is 454 g/mol. The highest BCUT2D eigenvalue weighted by atomic mass is 32.2. The van der Waals surface area contributed by atoms with Crippen LogP contribution in [-0.2, 0) is 25.2 Å². The molecule has 8 nitrogen and oxygen atoms in total. The van der Waals surface area contributed by atoms with E-state index >= 15 is 0 Å². The highest BCUT2D eigenvalue weighted by Gasteiger charge is 2.45. The summed E-state index contributed by atoms with van der Waals surface area (Å²) < 4.78 is 49.4. The number of aliphatic imine (C=N–C) groups is 1. The second-order valence-corrected chi connectivity index (χ2v) is 7.23. The maximum absolute atomic E-state index is 13.3. The van der Waals surface area contributed by atoms with Gasteiger partial charge >= 0.3 is 18.1 Å². The summed E-state index contributed by atoms with van der Waals surface area (Å²) >= 11 is 0.785. The molecule has 31 heavy (non-hydrogen) atoms. The lowest BCUT2D eigenvalue weighted by atomic mass is 9.75. The highest BCUT2D eigenvalue weighted by molar-refractivity contribution is 8.13. The van der Waals surface area contributed by atoms with Gasteiger partial charge in [0.1, 0.15) is 17.7 Å². The number of alkyl halides is 3. The first kappa shape index (κ1) is 23.9. The van der Waals surface area contributed by atoms with Crippen LogP contribution in [0.25, 0.3) is 0 Å². The molecule has 2 rings (SSSR count). The summed E-state index contributed by atoms with van der Waals surface area (Å²) in [5.74, 6) is -4.86. The topological polar surface area (TPSA) is 139 Å². The van der Waals surface area contributed by atoms with E-state index in [1.165, 1.54) is 6.07 Å². The van der Waals surface area contributed by atoms with Gasteiger partial charge < -0.3 is 15.2 Å². The number of hydrogen-bond acceptors (Lipinski definition) is 8. The van der Waals surface area contributed by atoms with Gasteiger partial charge in [0.05, 0.1) is 31.1 Å². The molecule has 164 valence electrons. The molecule has 2 unspecified atom stereocenters. The Kier molecular flexibility index (Phi) is 7.46. The number of nitrogens with zero attached hydrogens (tertiary/aromatic N) is 2. The molecular weight excluding hydrogens is 437 g/mol. The maximum Gasteiger partial charge on any atom is 0.416 e. The van der Waals surface area contributed by atoms with Crippen LogP contribution in [0.2, 0.25) is 0 Å². The van der Waals surface area contributed by atoms with E-state index in [0.717, 1.165) is 44.2 Å². The summed E-state index contributed by atoms with van der Waals surface area (Å²) in [6.07, 6.45) is -4.68. The maximum atomic E-state index is 13.3. The first-order valence-corrected chi connectivity index (χ1v) is 9.55. The number of thioether (sulfide) groups is 1. The molecule has 1 aromatic carbocycles. The van der Waals surface area contributed by atoms with Crippen molar-refractivity contribution in [1.29, 1.82) is 10.7 Å². The van der Waals surface area contributed by atoms with Crippen LogP contribution >= 0.6 is 11.8 Å². The van der Waals surface area contributed by atoms with Crippen molar-refractivity contribution >= 4 is 34.6 Å². The fraction of sp³-hybridized carbons (Fsp3) is 0.316. The zero-order valence-corrected chi connectivity index (χ0v) is 17.1. The summed E-state index contributed by atoms with van der Waals surface area (Å²) in [5, 5.41) is 16.6. The zero-order chi connectivity index (χ0) is 23.3. The molecule has 1 aromatic rings. The Morgan fingerprint density at radius 3 is 2.52 bits per heavy atom. The normalized spacial score (nSPS) is 18.6. The van der Waals surface area contributed by atoms with E-state index in [1.807, 2.05) is 0 Å². The Morgan fingerprint density at radius 1 is 1.32 bits per heavy atom. The van der Waals surface area contributed by atoms with Crippen LogP contribution in [0.3, 0.4) is 0 Å². The van der Waals surface area contributed by atoms with Gasteiger partial charge in [0.15, 0.2) is 5.17 Å². The van der Waals surface area contributed by atoms with Gasteiger partial charge in [-0.1, -0.05) is 30.0 Å². The van der Waals surface area contributed by atoms with E-state index in [-0.39, 0.29) is 33.5 Å². The third kappa shape index (κ3) is 5.24. The summed E-state index contributed by atoms with van der Waals surface area (Å²) in [6.45, 7) is 0. The minimum Gasteiger partial charge on any atom is -0.468 e. The summed E-state index contributed by atoms with van der Waals surface area (Å²) in [5.41, 5.74) is 3.68. The van der Waals surface area contributed by atoms with Gasteiger partial charge in [0.25, 0.3) is 0 Å². The molecule has 2 atom stereocenters. The van der Waals surface area contributed by atoms with Gasteiger partial charge in [0, 0.05) is 11.7 Å². The van der Waals surface area contributed by atoms with E-state index in [2.05, 4.69) is 4.99 Å². The van der Waals surface area contributed by atoms with Crippen LogP contribution in [0.1, 0.15) is 17.0 Å². The molecule has 1 heterocycles. The van der Waals surface area contributed by atoms with Gasteiger partial charge in [-0.3, -0.25) is 10.2 Å². The van der Waals surface area contributed by atoms with E-state index < -0.39 is 35.5 Å². The molecule has 0 aromatic heterocycles. The predicted molar refractivity (Wildman–Crippen MR) is 106 cm³/mol. The van der Waals surface area contributed by atoms with Crippen molar-refractivity contribution < 1.29 is 32.2 Å². The molecule has 0 amide bonds. The molecule has 3 N–H and O–H groups in total. The zero-order valence-electron chi connectivity index (χ0n) is 16.3. The smallest absolute Gasteiger partial charge is 0.416 e. The molecule has 0 saturated carbocycles. The van der Waals surface area contributed by atoms with Gasteiger partial charge in [0.2, 0.25) is 0 Å². The average Bonchev–Trinajstić information content (AvgIpc) is 2.74. The first-order valence-electron chi connectivity index (χ1n) is 8.57. The molecule has 0 radical (unpaired) electrons.